The van der Waals surface area contributed by atoms with Crippen molar-refractivity contribution < 1.29 is 14.6 Å². The molecular weight excluding hydrogens is 540 g/mol. The number of benzene rings is 2. The SMILES string of the molecule is CCOc1cc(/C=C2\SC(=S)N(c3ccc(Cl)c(Cl)c3)C2=O)cc(I)c1O. The summed E-state index contributed by atoms with van der Waals surface area (Å²) in [5.41, 5.74) is 1.29. The van der Waals surface area contributed by atoms with Gasteiger partial charge in [0.05, 0.1) is 30.8 Å². The third-order valence-electron chi connectivity index (χ3n) is 3.60. The van der Waals surface area contributed by atoms with Crippen LogP contribution in [0.3, 0.4) is 0 Å². The normalized spacial score (nSPS) is 15.7. The quantitative estimate of drug-likeness (QED) is 0.282. The Kier molecular flexibility index (Phi) is 6.58. The summed E-state index contributed by atoms with van der Waals surface area (Å²) in [5.74, 6) is 0.206. The van der Waals surface area contributed by atoms with Crippen molar-refractivity contribution in [2.24, 2.45) is 0 Å². The van der Waals surface area contributed by atoms with E-state index in [9.17, 15) is 9.90 Å². The van der Waals surface area contributed by atoms with Crippen molar-refractivity contribution in [3.05, 3.63) is 54.4 Å². The number of carbonyl (C=O) groups is 1. The number of rotatable bonds is 4. The van der Waals surface area contributed by atoms with Gasteiger partial charge in [0.2, 0.25) is 0 Å². The minimum atomic E-state index is -0.246. The van der Waals surface area contributed by atoms with E-state index in [-0.39, 0.29) is 11.7 Å². The van der Waals surface area contributed by atoms with Crippen molar-refractivity contribution in [2.75, 3.05) is 11.5 Å². The van der Waals surface area contributed by atoms with E-state index in [1.165, 1.54) is 16.7 Å². The van der Waals surface area contributed by atoms with E-state index < -0.39 is 0 Å². The van der Waals surface area contributed by atoms with Crippen LogP contribution in [-0.4, -0.2) is 21.9 Å². The molecule has 2 aromatic carbocycles. The molecule has 1 fully saturated rings. The number of aromatic hydroxyl groups is 1. The van der Waals surface area contributed by atoms with E-state index in [0.29, 0.717) is 40.9 Å². The summed E-state index contributed by atoms with van der Waals surface area (Å²) in [7, 11) is 0. The van der Waals surface area contributed by atoms with E-state index in [1.54, 1.807) is 36.4 Å². The van der Waals surface area contributed by atoms with Crippen molar-refractivity contribution in [3.8, 4) is 11.5 Å². The predicted molar refractivity (Wildman–Crippen MR) is 124 cm³/mol. The minimum absolute atomic E-state index is 0.0814. The maximum absolute atomic E-state index is 12.9. The molecule has 0 radical (unpaired) electrons. The number of phenolic OH excluding ortho intramolecular Hbond substituents is 1. The number of thiocarbonyl (C=S) groups is 1. The van der Waals surface area contributed by atoms with Gasteiger partial charge in [0, 0.05) is 0 Å². The van der Waals surface area contributed by atoms with Gasteiger partial charge in [-0.1, -0.05) is 47.2 Å². The number of anilines is 1. The second-order valence-corrected chi connectivity index (χ2v) is 9.05. The Bertz CT molecular complexity index is 981. The lowest BCUT2D eigenvalue weighted by atomic mass is 10.2. The fourth-order valence-electron chi connectivity index (χ4n) is 2.41. The van der Waals surface area contributed by atoms with Crippen LogP contribution in [-0.2, 0) is 4.79 Å². The molecule has 140 valence electrons. The maximum atomic E-state index is 12.9. The molecule has 0 aromatic heterocycles. The Morgan fingerprint density at radius 1 is 1.30 bits per heavy atom. The van der Waals surface area contributed by atoms with E-state index in [0.717, 1.165) is 5.56 Å². The van der Waals surface area contributed by atoms with Gasteiger partial charge in [0.15, 0.2) is 15.8 Å². The topological polar surface area (TPSA) is 49.8 Å². The average molecular weight is 552 g/mol. The molecular formula is C18H12Cl2INO3S2. The highest BCUT2D eigenvalue weighted by atomic mass is 127. The molecule has 0 aliphatic carbocycles. The van der Waals surface area contributed by atoms with Crippen LogP contribution < -0.4 is 9.64 Å². The molecule has 9 heteroatoms. The van der Waals surface area contributed by atoms with Crippen LogP contribution in [0.25, 0.3) is 6.08 Å². The molecule has 0 saturated carbocycles. The summed E-state index contributed by atoms with van der Waals surface area (Å²) in [6.45, 7) is 2.26. The van der Waals surface area contributed by atoms with Crippen molar-refractivity contribution in [2.45, 2.75) is 6.92 Å². The smallest absolute Gasteiger partial charge is 0.270 e. The van der Waals surface area contributed by atoms with Crippen LogP contribution >= 0.6 is 69.8 Å². The number of hydrogen-bond donors (Lipinski definition) is 1. The highest BCUT2D eigenvalue weighted by molar-refractivity contribution is 14.1. The Morgan fingerprint density at radius 2 is 2.04 bits per heavy atom. The summed E-state index contributed by atoms with van der Waals surface area (Å²) in [6, 6.07) is 8.38. The first kappa shape index (κ1) is 20.7. The Hall–Kier alpha value is -1.00. The summed E-state index contributed by atoms with van der Waals surface area (Å²) >= 11 is 20.6. The van der Waals surface area contributed by atoms with Gasteiger partial charge in [0.25, 0.3) is 5.91 Å². The number of thioether (sulfide) groups is 1. The zero-order valence-corrected chi connectivity index (χ0v) is 19.1. The third-order valence-corrected chi connectivity index (χ3v) is 6.47. The average Bonchev–Trinajstić information content (AvgIpc) is 2.89. The predicted octanol–water partition coefficient (Wildman–Crippen LogP) is 6.11. The summed E-state index contributed by atoms with van der Waals surface area (Å²) in [6.07, 6.45) is 1.72. The van der Waals surface area contributed by atoms with E-state index in [1.807, 2.05) is 29.5 Å². The van der Waals surface area contributed by atoms with Crippen LogP contribution in [0.15, 0.2) is 35.2 Å². The molecule has 1 aliphatic rings. The zero-order chi connectivity index (χ0) is 19.7. The number of carbonyl (C=O) groups excluding carboxylic acids is 1. The standard InChI is InChI=1S/C18H12Cl2INO3S2/c1-2-25-14-6-9(5-13(21)16(14)23)7-15-17(24)22(18(26)27-15)10-3-4-11(19)12(20)8-10/h3-8,23H,2H2,1H3/b15-7-. The van der Waals surface area contributed by atoms with Crippen molar-refractivity contribution in [3.63, 3.8) is 0 Å². The van der Waals surface area contributed by atoms with Crippen LogP contribution in [0.2, 0.25) is 10.0 Å². The molecule has 1 saturated heterocycles. The largest absolute Gasteiger partial charge is 0.504 e. The molecule has 0 bridgehead atoms. The van der Waals surface area contributed by atoms with Crippen LogP contribution in [0.5, 0.6) is 11.5 Å². The zero-order valence-electron chi connectivity index (χ0n) is 13.8. The number of nitrogens with zero attached hydrogens (tertiary/aromatic N) is 1. The monoisotopic (exact) mass is 551 g/mol. The van der Waals surface area contributed by atoms with Gasteiger partial charge < -0.3 is 9.84 Å². The van der Waals surface area contributed by atoms with E-state index in [2.05, 4.69) is 0 Å². The van der Waals surface area contributed by atoms with Crippen LogP contribution in [0.4, 0.5) is 5.69 Å². The fourth-order valence-corrected chi connectivity index (χ4v) is 4.63. The molecule has 27 heavy (non-hydrogen) atoms. The molecule has 1 amide bonds. The second kappa shape index (κ2) is 8.57. The van der Waals surface area contributed by atoms with Crippen LogP contribution in [0, 0.1) is 3.57 Å². The molecule has 0 spiro atoms. The lowest BCUT2D eigenvalue weighted by molar-refractivity contribution is -0.113. The first-order valence-electron chi connectivity index (χ1n) is 7.70. The lowest BCUT2D eigenvalue weighted by Gasteiger charge is -2.15. The fraction of sp³-hybridized carbons (Fsp3) is 0.111. The Labute approximate surface area is 189 Å². The minimum Gasteiger partial charge on any atom is -0.504 e. The highest BCUT2D eigenvalue weighted by Crippen LogP contribution is 2.39. The van der Waals surface area contributed by atoms with Gasteiger partial charge in [-0.3, -0.25) is 9.69 Å². The molecule has 0 atom stereocenters. The van der Waals surface area contributed by atoms with Crippen molar-refractivity contribution in [1.29, 1.82) is 0 Å². The van der Waals surface area contributed by atoms with Gasteiger partial charge in [-0.15, -0.1) is 0 Å². The number of amides is 1. The maximum Gasteiger partial charge on any atom is 0.270 e. The van der Waals surface area contributed by atoms with Gasteiger partial charge in [0.1, 0.15) is 0 Å². The number of ether oxygens (including phenoxy) is 1. The second-order valence-electron chi connectivity index (χ2n) is 5.40. The van der Waals surface area contributed by atoms with Gasteiger partial charge >= 0.3 is 0 Å². The first-order chi connectivity index (χ1) is 12.8. The van der Waals surface area contributed by atoms with Crippen molar-refractivity contribution >= 4 is 91.8 Å². The molecule has 4 nitrogen and oxygen atoms in total. The number of hydrogen-bond acceptors (Lipinski definition) is 5. The Morgan fingerprint density at radius 3 is 2.70 bits per heavy atom. The Balaban J connectivity index is 1.96. The highest BCUT2D eigenvalue weighted by Gasteiger charge is 2.33. The molecule has 0 unspecified atom stereocenters. The molecule has 1 N–H and O–H groups in total. The van der Waals surface area contributed by atoms with E-state index in [4.69, 9.17) is 40.2 Å². The molecule has 1 heterocycles. The molecule has 2 aromatic rings. The van der Waals surface area contributed by atoms with Gasteiger partial charge in [-0.2, -0.15) is 0 Å². The summed E-state index contributed by atoms with van der Waals surface area (Å²) < 4.78 is 6.48. The first-order valence-corrected chi connectivity index (χ1v) is 10.8. The molecule has 3 rings (SSSR count). The number of halogens is 3. The van der Waals surface area contributed by atoms with Gasteiger partial charge in [-0.05, 0) is 71.5 Å². The van der Waals surface area contributed by atoms with Crippen molar-refractivity contribution in [1.82, 2.24) is 0 Å². The van der Waals surface area contributed by atoms with Gasteiger partial charge in [-0.25, -0.2) is 0 Å². The molecule has 1 aliphatic heterocycles. The number of phenols is 1. The lowest BCUT2D eigenvalue weighted by Crippen LogP contribution is -2.27. The van der Waals surface area contributed by atoms with E-state index >= 15 is 0 Å². The summed E-state index contributed by atoms with van der Waals surface area (Å²) in [4.78, 5) is 14.8. The van der Waals surface area contributed by atoms with Crippen LogP contribution in [0.1, 0.15) is 12.5 Å². The summed E-state index contributed by atoms with van der Waals surface area (Å²) in [5, 5.41) is 10.8. The third kappa shape index (κ3) is 4.37.